The molecular weight excluding hydrogens is 1080 g/mol. The van der Waals surface area contributed by atoms with Crippen molar-refractivity contribution in [3.05, 3.63) is 24.3 Å². The van der Waals surface area contributed by atoms with Crippen molar-refractivity contribution in [3.63, 3.8) is 0 Å². The molecule has 0 spiro atoms. The van der Waals surface area contributed by atoms with Crippen LogP contribution in [0.4, 0.5) is 0 Å². The van der Waals surface area contributed by atoms with Gasteiger partial charge in [-0.15, -0.1) is 5.06 Å². The Morgan fingerprint density at radius 2 is 0.667 bits per heavy atom. The maximum absolute atomic E-state index is 11.9. The lowest BCUT2D eigenvalue weighted by molar-refractivity contribution is -0.198. The maximum atomic E-state index is 11.9. The summed E-state index contributed by atoms with van der Waals surface area (Å²) in [5.74, 6) is -4.19. The van der Waals surface area contributed by atoms with Gasteiger partial charge in [0.15, 0.2) is 0 Å². The van der Waals surface area contributed by atoms with Crippen molar-refractivity contribution >= 4 is 64.8 Å². The summed E-state index contributed by atoms with van der Waals surface area (Å²) in [6.07, 6.45) is 7.08. The lowest BCUT2D eigenvalue weighted by atomic mass is 10.1. The van der Waals surface area contributed by atoms with E-state index < -0.39 is 23.7 Å². The minimum Gasteiger partial charge on any atom is -0.379 e. The van der Waals surface area contributed by atoms with E-state index in [1.165, 1.54) is 24.3 Å². The Labute approximate surface area is 470 Å². The van der Waals surface area contributed by atoms with Crippen LogP contribution >= 0.6 is 0 Å². The lowest BCUT2D eigenvalue weighted by Gasteiger charge is -2.12. The summed E-state index contributed by atoms with van der Waals surface area (Å²) in [5.41, 5.74) is 4.93. The summed E-state index contributed by atoms with van der Waals surface area (Å²) >= 11 is 0. The molecule has 0 aromatic heterocycles. The van der Waals surface area contributed by atoms with E-state index in [0.717, 1.165) is 9.80 Å². The van der Waals surface area contributed by atoms with Crippen LogP contribution in [-0.4, -0.2) is 258 Å². The molecule has 3 aliphatic heterocycles. The number of nitrogens with two attached hydrogens (primary N) is 1. The molecule has 0 radical (unpaired) electrons. The number of imide groups is 3. The third-order valence-corrected chi connectivity index (χ3v) is 10.8. The number of hydrogen-bond acceptors (Lipinski definition) is 24. The average molecular weight is 1160 g/mol. The maximum Gasteiger partial charge on any atom is 0.335 e. The Kier molecular flexibility index (Phi) is 42.0. The molecule has 1 fully saturated rings. The quantitative estimate of drug-likeness (QED) is 0.0516. The largest absolute Gasteiger partial charge is 0.379 e. The van der Waals surface area contributed by atoms with Crippen LogP contribution in [0.25, 0.3) is 0 Å². The highest BCUT2D eigenvalue weighted by Gasteiger charge is 2.32. The molecule has 8 amide bonds. The summed E-state index contributed by atoms with van der Waals surface area (Å²) < 4.78 is 64.5. The minimum atomic E-state index is -0.710. The monoisotopic (exact) mass is 1160 g/mol. The van der Waals surface area contributed by atoms with E-state index in [4.69, 9.17) is 67.4 Å². The third kappa shape index (κ3) is 38.5. The molecular formula is C52H81N5O24. The summed E-state index contributed by atoms with van der Waals surface area (Å²) in [6, 6.07) is 0. The molecule has 0 aliphatic carbocycles. The van der Waals surface area contributed by atoms with Gasteiger partial charge in [0.25, 0.3) is 35.4 Å². The average Bonchev–Trinajstić information content (AvgIpc) is 4.10. The SMILES string of the molecule is NC(=O)CNC(=O)CCOCCOCCOCCOCCOCCOCCCC(=O)CCN1C(=O)C=CC1=O.O=C(CCCOCCOCCOCCOCCOCCOCCC(=O)ON1C(=O)CCC1=O)CCN1C(=O)C=CC1=O. The number of amides is 8. The first kappa shape index (κ1) is 71.3. The van der Waals surface area contributed by atoms with Gasteiger partial charge >= 0.3 is 5.97 Å². The topological polar surface area (TPSA) is 356 Å². The highest BCUT2D eigenvalue weighted by Crippen LogP contribution is 2.13. The molecule has 0 atom stereocenters. The molecule has 0 bridgehead atoms. The fourth-order valence-electron chi connectivity index (χ4n) is 6.57. The van der Waals surface area contributed by atoms with Crippen LogP contribution in [-0.2, 0) is 114 Å². The molecule has 3 heterocycles. The Bertz CT molecular complexity index is 1920. The number of rotatable bonds is 53. The number of ketones is 2. The van der Waals surface area contributed by atoms with Gasteiger partial charge in [0, 0.05) is 95.6 Å². The van der Waals surface area contributed by atoms with Crippen molar-refractivity contribution in [1.82, 2.24) is 20.2 Å². The molecule has 458 valence electrons. The molecule has 3 rings (SSSR count). The van der Waals surface area contributed by atoms with Gasteiger partial charge in [-0.3, -0.25) is 57.7 Å². The van der Waals surface area contributed by atoms with Crippen molar-refractivity contribution in [2.75, 3.05) is 178 Å². The van der Waals surface area contributed by atoms with Gasteiger partial charge in [-0.05, 0) is 12.8 Å². The predicted molar refractivity (Wildman–Crippen MR) is 278 cm³/mol. The van der Waals surface area contributed by atoms with E-state index in [9.17, 15) is 52.7 Å². The zero-order valence-corrected chi connectivity index (χ0v) is 46.2. The Balaban J connectivity index is 0.000000555. The third-order valence-electron chi connectivity index (χ3n) is 10.8. The second-order valence-corrected chi connectivity index (χ2v) is 17.2. The van der Waals surface area contributed by atoms with Crippen LogP contribution < -0.4 is 11.1 Å². The molecule has 29 nitrogen and oxygen atoms in total. The molecule has 29 heteroatoms. The summed E-state index contributed by atoms with van der Waals surface area (Å²) in [7, 11) is 0. The number of nitrogens with one attached hydrogen (secondary N) is 1. The highest BCUT2D eigenvalue weighted by molar-refractivity contribution is 6.13. The van der Waals surface area contributed by atoms with Crippen molar-refractivity contribution in [2.24, 2.45) is 5.73 Å². The first-order valence-electron chi connectivity index (χ1n) is 26.9. The van der Waals surface area contributed by atoms with Crippen LogP contribution in [0.1, 0.15) is 64.2 Å². The molecule has 3 aliphatic rings. The van der Waals surface area contributed by atoms with Gasteiger partial charge in [0.2, 0.25) is 11.8 Å². The number of Topliss-reactive ketones (excluding diaryl/α,β-unsaturated/α-hetero) is 2. The number of hydrogen-bond donors (Lipinski definition) is 2. The van der Waals surface area contributed by atoms with E-state index in [-0.39, 0.29) is 119 Å². The Morgan fingerprint density at radius 3 is 0.975 bits per heavy atom. The molecule has 0 aromatic rings. The van der Waals surface area contributed by atoms with Gasteiger partial charge in [0.05, 0.1) is 158 Å². The summed E-state index contributed by atoms with van der Waals surface area (Å²) in [4.78, 5) is 132. The van der Waals surface area contributed by atoms with Crippen molar-refractivity contribution in [2.45, 2.75) is 64.2 Å². The van der Waals surface area contributed by atoms with Gasteiger partial charge in [-0.25, -0.2) is 4.79 Å². The van der Waals surface area contributed by atoms with Gasteiger partial charge < -0.3 is 72.7 Å². The number of hydroxylamine groups is 2. The molecule has 0 unspecified atom stereocenters. The van der Waals surface area contributed by atoms with Crippen LogP contribution in [0.3, 0.4) is 0 Å². The highest BCUT2D eigenvalue weighted by atomic mass is 16.7. The summed E-state index contributed by atoms with van der Waals surface area (Å²) in [5, 5.41) is 2.88. The molecule has 0 saturated carbocycles. The predicted octanol–water partition coefficient (Wildman–Crippen LogP) is -1.51. The van der Waals surface area contributed by atoms with Crippen LogP contribution in [0.2, 0.25) is 0 Å². The van der Waals surface area contributed by atoms with E-state index in [1.54, 1.807) is 0 Å². The van der Waals surface area contributed by atoms with Crippen LogP contribution in [0, 0.1) is 0 Å². The lowest BCUT2D eigenvalue weighted by Crippen LogP contribution is -2.33. The number of primary amides is 1. The molecule has 1 saturated heterocycles. The molecule has 0 aromatic carbocycles. The Hall–Kier alpha value is -5.83. The zero-order valence-electron chi connectivity index (χ0n) is 46.2. The van der Waals surface area contributed by atoms with E-state index in [2.05, 4.69) is 5.32 Å². The molecule has 3 N–H and O–H groups in total. The number of ether oxygens (including phenoxy) is 12. The smallest absolute Gasteiger partial charge is 0.335 e. The van der Waals surface area contributed by atoms with Crippen molar-refractivity contribution < 1.29 is 114 Å². The van der Waals surface area contributed by atoms with Crippen molar-refractivity contribution in [1.29, 1.82) is 0 Å². The number of carbonyl (C=O) groups excluding carboxylic acids is 11. The fourth-order valence-corrected chi connectivity index (χ4v) is 6.57. The number of carbonyl (C=O) groups is 11. The second kappa shape index (κ2) is 47.8. The summed E-state index contributed by atoms with van der Waals surface area (Å²) in [6.45, 7) is 9.18. The molecule has 81 heavy (non-hydrogen) atoms. The van der Waals surface area contributed by atoms with Crippen molar-refractivity contribution in [3.8, 4) is 0 Å². The first-order valence-corrected chi connectivity index (χ1v) is 26.9. The van der Waals surface area contributed by atoms with Gasteiger partial charge in [-0.2, -0.15) is 0 Å². The standard InChI is InChI=1S/C27H40N2O13.C25H41N3O11/c30-22(7-9-28-23(31)3-4-24(28)32)2-1-10-36-12-14-38-16-18-40-20-21-41-19-17-39-15-13-37-11-8-27(35)42-29-25(33)5-6-26(29)34;26-22(30)20-27-23(31)6-9-35-11-13-37-15-17-39-19-18-38-16-14-36-12-10-34-8-1-2-21(29)5-7-28-24(32)3-4-25(28)33/h3-4H,1-2,5-21H2;3-4H,1-2,5-20H2,(H2,26,30)(H,27,31). The Morgan fingerprint density at radius 1 is 0.383 bits per heavy atom. The van der Waals surface area contributed by atoms with Gasteiger partial charge in [-0.1, -0.05) is 0 Å². The van der Waals surface area contributed by atoms with E-state index in [1.807, 2.05) is 0 Å². The second-order valence-electron chi connectivity index (χ2n) is 17.2. The van der Waals surface area contributed by atoms with Crippen LogP contribution in [0.5, 0.6) is 0 Å². The van der Waals surface area contributed by atoms with Crippen LogP contribution in [0.15, 0.2) is 24.3 Å². The minimum absolute atomic E-state index is 0.0129. The number of nitrogens with zero attached hydrogens (tertiary/aromatic N) is 3. The fraction of sp³-hybridized carbons (Fsp3) is 0.712. The van der Waals surface area contributed by atoms with E-state index in [0.29, 0.717) is 169 Å². The zero-order chi connectivity index (χ0) is 59.0. The van der Waals surface area contributed by atoms with E-state index >= 15 is 0 Å². The van der Waals surface area contributed by atoms with Gasteiger partial charge in [0.1, 0.15) is 11.6 Å². The normalized spacial score (nSPS) is 14.0. The first-order chi connectivity index (χ1) is 39.3.